The molecule has 0 aromatic heterocycles. The zero-order chi connectivity index (χ0) is 23.6. The maximum Gasteiger partial charge on any atom is 0.275 e. The summed E-state index contributed by atoms with van der Waals surface area (Å²) in [6, 6.07) is 0. The minimum atomic E-state index is -0.335. The summed E-state index contributed by atoms with van der Waals surface area (Å²) in [6.45, 7) is 9.73. The molecule has 0 saturated heterocycles. The predicted octanol–water partition coefficient (Wildman–Crippen LogP) is 2.94. The van der Waals surface area contributed by atoms with Gasteiger partial charge in [-0.1, -0.05) is 28.9 Å². The third-order valence-corrected chi connectivity index (χ3v) is 5.19. The van der Waals surface area contributed by atoms with Gasteiger partial charge in [0.05, 0.1) is 62.4 Å². The summed E-state index contributed by atoms with van der Waals surface area (Å²) in [5.41, 5.74) is 0.618. The number of likely N-dealkylation sites (N-methyl/N-ethyl adjacent to an activating group) is 3. The van der Waals surface area contributed by atoms with E-state index in [9.17, 15) is 14.7 Å². The number of Topliss-reactive ketones (excluding diaryl/α,β-unsaturated/α-hetero) is 1. The first kappa shape index (κ1) is 39.0. The van der Waals surface area contributed by atoms with Gasteiger partial charge in [-0.25, -0.2) is 0 Å². The van der Waals surface area contributed by atoms with Gasteiger partial charge in [-0.15, -0.1) is 0 Å². The zero-order valence-electron chi connectivity index (χ0n) is 21.0. The van der Waals surface area contributed by atoms with Gasteiger partial charge in [0.25, 0.3) is 5.91 Å². The standard InChI is InChI=1S/C23H48N4O3.3CH4/c1-20(2)22(29)13-10-11-15-27(8,9)19-23(30)24-14-12-16-26(6,7)18-21(28)17-25(3,4)5;;;/h21,28H,1,10-19H2,2-9H3;3*1H4/q+2;;;/p+1. The second-order valence-electron chi connectivity index (χ2n) is 11.2. The number of carbonyl (C=O) groups excluding carboxylic acids is 2. The molecule has 0 aliphatic carbocycles. The van der Waals surface area contributed by atoms with Crippen LogP contribution in [-0.4, -0.2) is 125 Å². The first-order chi connectivity index (χ1) is 13.5. The van der Waals surface area contributed by atoms with Crippen LogP contribution in [0.2, 0.25) is 0 Å². The molecule has 2 N–H and O–H groups in total. The van der Waals surface area contributed by atoms with Crippen LogP contribution in [0.4, 0.5) is 0 Å². The van der Waals surface area contributed by atoms with Crippen LogP contribution < -0.4 is 5.32 Å². The van der Waals surface area contributed by atoms with Gasteiger partial charge in [0.15, 0.2) is 18.4 Å². The zero-order valence-corrected chi connectivity index (χ0v) is 21.0. The molecule has 7 nitrogen and oxygen atoms in total. The van der Waals surface area contributed by atoms with Crippen molar-refractivity contribution in [2.45, 2.75) is 61.0 Å². The second kappa shape index (κ2) is 17.2. The van der Waals surface area contributed by atoms with Crippen LogP contribution in [-0.2, 0) is 9.59 Å². The Balaban J connectivity index is -0.00000140. The van der Waals surface area contributed by atoms with Crippen molar-refractivity contribution in [3.05, 3.63) is 12.2 Å². The molecule has 0 aromatic rings. The van der Waals surface area contributed by atoms with Crippen molar-refractivity contribution < 1.29 is 28.1 Å². The summed E-state index contributed by atoms with van der Waals surface area (Å²) in [7, 11) is 14.6. The van der Waals surface area contributed by atoms with Gasteiger partial charge in [-0.05, 0) is 25.3 Å². The molecule has 1 amide bonds. The Kier molecular flexibility index (Phi) is 20.3. The number of ketones is 1. The van der Waals surface area contributed by atoms with Crippen LogP contribution in [0, 0.1) is 0 Å². The molecule has 200 valence electrons. The van der Waals surface area contributed by atoms with Crippen molar-refractivity contribution in [3.8, 4) is 0 Å². The van der Waals surface area contributed by atoms with Crippen LogP contribution in [0.5, 0.6) is 0 Å². The van der Waals surface area contributed by atoms with Crippen LogP contribution in [0.15, 0.2) is 12.2 Å². The van der Waals surface area contributed by atoms with Crippen LogP contribution in [0.3, 0.4) is 0 Å². The summed E-state index contributed by atoms with van der Waals surface area (Å²) in [5.74, 6) is 0.192. The highest BCUT2D eigenvalue weighted by atomic mass is 16.3. The number of allylic oxidation sites excluding steroid dienone is 1. The Hall–Kier alpha value is -1.28. The van der Waals surface area contributed by atoms with Crippen LogP contribution in [0.25, 0.3) is 0 Å². The monoisotopic (exact) mass is 477 g/mol. The SMILES string of the molecule is C.C.C.C=C(C)C(=O)CCCC[N+](C)(C)CC(=O)NCCC[N+](C)(C)CC(O)C[N+](C)(C)C. The Morgan fingerprint density at radius 2 is 1.36 bits per heavy atom. The Labute approximate surface area is 207 Å². The first-order valence-electron chi connectivity index (χ1n) is 11.1. The average molecular weight is 478 g/mol. The molecular formula is C26H61N4O3+3. The summed E-state index contributed by atoms with van der Waals surface area (Å²) >= 11 is 0. The number of rotatable bonds is 16. The largest absolute Gasteiger partial charge is 0.382 e. The molecule has 0 spiro atoms. The summed E-state index contributed by atoms with van der Waals surface area (Å²) < 4.78 is 2.10. The smallest absolute Gasteiger partial charge is 0.275 e. The highest BCUT2D eigenvalue weighted by Crippen LogP contribution is 2.07. The van der Waals surface area contributed by atoms with Gasteiger partial charge in [0.2, 0.25) is 0 Å². The lowest BCUT2D eigenvalue weighted by Gasteiger charge is -2.34. The van der Waals surface area contributed by atoms with Gasteiger partial charge in [0, 0.05) is 19.4 Å². The second-order valence-corrected chi connectivity index (χ2v) is 11.2. The summed E-state index contributed by atoms with van der Waals surface area (Å²) in [4.78, 5) is 23.9. The molecule has 0 heterocycles. The van der Waals surface area contributed by atoms with E-state index in [2.05, 4.69) is 61.2 Å². The van der Waals surface area contributed by atoms with E-state index in [-0.39, 0.29) is 40.1 Å². The number of hydrogen-bond donors (Lipinski definition) is 2. The van der Waals surface area contributed by atoms with E-state index in [4.69, 9.17) is 0 Å². The van der Waals surface area contributed by atoms with Gasteiger partial charge < -0.3 is 23.9 Å². The number of amides is 1. The number of nitrogens with zero attached hydrogens (tertiary/aromatic N) is 3. The molecule has 1 atom stereocenters. The van der Waals surface area contributed by atoms with E-state index in [1.165, 1.54) is 0 Å². The van der Waals surface area contributed by atoms with Crippen LogP contribution in [0.1, 0.15) is 54.9 Å². The summed E-state index contributed by atoms with van der Waals surface area (Å²) in [5, 5.41) is 13.3. The highest BCUT2D eigenvalue weighted by molar-refractivity contribution is 5.93. The normalized spacial score (nSPS) is 12.5. The van der Waals surface area contributed by atoms with E-state index in [1.807, 2.05) is 0 Å². The van der Waals surface area contributed by atoms with Gasteiger partial charge in [-0.2, -0.15) is 0 Å². The van der Waals surface area contributed by atoms with Gasteiger partial charge >= 0.3 is 0 Å². The topological polar surface area (TPSA) is 66.4 Å². The van der Waals surface area contributed by atoms with E-state index < -0.39 is 0 Å². The first-order valence-corrected chi connectivity index (χ1v) is 11.1. The third kappa shape index (κ3) is 22.3. The molecular weight excluding hydrogens is 416 g/mol. The van der Waals surface area contributed by atoms with E-state index in [1.54, 1.807) is 6.92 Å². The van der Waals surface area contributed by atoms with Crippen molar-refractivity contribution >= 4 is 11.7 Å². The minimum absolute atomic E-state index is 0. The fraction of sp³-hybridized carbons (Fsp3) is 0.846. The van der Waals surface area contributed by atoms with Crippen molar-refractivity contribution in [1.82, 2.24) is 5.32 Å². The number of quaternary nitrogens is 3. The third-order valence-electron chi connectivity index (χ3n) is 5.19. The fourth-order valence-corrected chi connectivity index (χ4v) is 3.65. The molecule has 7 heteroatoms. The molecule has 1 unspecified atom stereocenters. The molecule has 0 bridgehead atoms. The number of unbranched alkanes of at least 4 members (excludes halogenated alkanes) is 1. The fourth-order valence-electron chi connectivity index (χ4n) is 3.65. The lowest BCUT2D eigenvalue weighted by atomic mass is 10.1. The maximum absolute atomic E-state index is 12.3. The molecule has 0 aliphatic rings. The molecule has 0 aromatic carbocycles. The summed E-state index contributed by atoms with van der Waals surface area (Å²) in [6.07, 6.45) is 2.84. The number of carbonyl (C=O) groups is 2. The van der Waals surface area contributed by atoms with Crippen molar-refractivity contribution in [1.29, 1.82) is 0 Å². The quantitative estimate of drug-likeness (QED) is 0.204. The Morgan fingerprint density at radius 1 is 0.848 bits per heavy atom. The minimum Gasteiger partial charge on any atom is -0.382 e. The van der Waals surface area contributed by atoms with Gasteiger partial charge in [0.1, 0.15) is 13.1 Å². The molecule has 0 radical (unpaired) electrons. The van der Waals surface area contributed by atoms with E-state index >= 15 is 0 Å². The van der Waals surface area contributed by atoms with E-state index in [0.717, 1.165) is 47.9 Å². The van der Waals surface area contributed by atoms with E-state index in [0.29, 0.717) is 36.1 Å². The lowest BCUT2D eigenvalue weighted by molar-refractivity contribution is -0.907. The van der Waals surface area contributed by atoms with Crippen molar-refractivity contribution in [2.24, 2.45) is 0 Å². The molecule has 0 rings (SSSR count). The number of nitrogens with one attached hydrogen (secondary N) is 1. The number of aliphatic hydroxyl groups excluding tert-OH is 1. The van der Waals surface area contributed by atoms with Crippen molar-refractivity contribution in [2.75, 3.05) is 88.6 Å². The van der Waals surface area contributed by atoms with Gasteiger partial charge in [-0.3, -0.25) is 9.59 Å². The number of hydrogen-bond acceptors (Lipinski definition) is 3. The molecule has 0 aliphatic heterocycles. The van der Waals surface area contributed by atoms with Crippen LogP contribution >= 0.6 is 0 Å². The molecule has 0 fully saturated rings. The predicted molar refractivity (Wildman–Crippen MR) is 144 cm³/mol. The lowest BCUT2D eigenvalue weighted by Crippen LogP contribution is -2.52. The highest BCUT2D eigenvalue weighted by Gasteiger charge is 2.25. The Bertz CT molecular complexity index is 566. The number of aliphatic hydroxyl groups is 1. The average Bonchev–Trinajstić information content (AvgIpc) is 2.52. The molecule has 0 saturated carbocycles. The maximum atomic E-state index is 12.3. The Morgan fingerprint density at radius 3 is 1.85 bits per heavy atom. The molecule has 33 heavy (non-hydrogen) atoms. The van der Waals surface area contributed by atoms with Crippen molar-refractivity contribution in [3.63, 3.8) is 0 Å².